The number of nitrogens with zero attached hydrogens (tertiary/aromatic N) is 2. The lowest BCUT2D eigenvalue weighted by Gasteiger charge is -2.53. The third-order valence-corrected chi connectivity index (χ3v) is 8.73. The first kappa shape index (κ1) is 24.8. The minimum atomic E-state index is -0.596. The summed E-state index contributed by atoms with van der Waals surface area (Å²) in [4.78, 5) is 35.2. The molecule has 9 heteroatoms. The molecule has 1 fully saturated rings. The van der Waals surface area contributed by atoms with Crippen LogP contribution in [0.15, 0.2) is 24.5 Å². The number of thiazole rings is 1. The van der Waals surface area contributed by atoms with Gasteiger partial charge in [0.2, 0.25) is 5.91 Å². The van der Waals surface area contributed by atoms with Gasteiger partial charge in [0.25, 0.3) is 5.91 Å². The van der Waals surface area contributed by atoms with Crippen LogP contribution in [0.3, 0.4) is 0 Å². The Hall–Kier alpha value is -2.36. The third-order valence-electron chi connectivity index (χ3n) is 7.75. The number of methoxy groups -OCH3 is 1. The van der Waals surface area contributed by atoms with E-state index in [-0.39, 0.29) is 40.9 Å². The van der Waals surface area contributed by atoms with Gasteiger partial charge in [-0.1, -0.05) is 20.8 Å². The summed E-state index contributed by atoms with van der Waals surface area (Å²) in [5, 5.41) is 17.9. The van der Waals surface area contributed by atoms with Gasteiger partial charge >= 0.3 is 0 Å². The van der Waals surface area contributed by atoms with Crippen molar-refractivity contribution >= 4 is 28.3 Å². The van der Waals surface area contributed by atoms with Gasteiger partial charge in [-0.15, -0.1) is 11.3 Å². The molecule has 1 saturated carbocycles. The predicted octanol–water partition coefficient (Wildman–Crippen LogP) is 3.24. The topological polar surface area (TPSA) is 113 Å². The van der Waals surface area contributed by atoms with Gasteiger partial charge in [0.1, 0.15) is 0 Å². The van der Waals surface area contributed by atoms with Crippen LogP contribution in [0.2, 0.25) is 0 Å². The van der Waals surface area contributed by atoms with Gasteiger partial charge in [0, 0.05) is 48.3 Å². The van der Waals surface area contributed by atoms with E-state index in [0.29, 0.717) is 23.8 Å². The van der Waals surface area contributed by atoms with Crippen LogP contribution in [-0.4, -0.2) is 53.3 Å². The zero-order chi connectivity index (χ0) is 24.5. The standard InChI is InChI=1S/C25H34N4O4S/c1-14(22(31)27-11-12-33-4)17-5-8-25(3)13-18-20(15(2)19(25)21(17)30)28-24(34-18)29-23(32)16-6-9-26-10-7-16/h6-7,9-10,14-15,17,19,21,30H,5,8,11-13H2,1-4H3,(H,27,31)(H,28,29,32)/t14-,15-,17-,19+,21-,25-/m0/s1. The smallest absolute Gasteiger partial charge is 0.257 e. The van der Waals surface area contributed by atoms with Crippen LogP contribution in [0.5, 0.6) is 0 Å². The van der Waals surface area contributed by atoms with Crippen LogP contribution in [0.25, 0.3) is 0 Å². The molecule has 2 heterocycles. The number of rotatable bonds is 7. The lowest BCUT2D eigenvalue weighted by atomic mass is 9.53. The molecule has 0 aromatic carbocycles. The van der Waals surface area contributed by atoms with Crippen LogP contribution in [-0.2, 0) is 16.0 Å². The molecule has 6 atom stereocenters. The van der Waals surface area contributed by atoms with Crippen molar-refractivity contribution < 1.29 is 19.4 Å². The van der Waals surface area contributed by atoms with Gasteiger partial charge < -0.3 is 15.2 Å². The second kappa shape index (κ2) is 10.1. The van der Waals surface area contributed by atoms with Crippen LogP contribution in [0, 0.1) is 23.2 Å². The molecule has 34 heavy (non-hydrogen) atoms. The van der Waals surface area contributed by atoms with Gasteiger partial charge in [0.05, 0.1) is 18.4 Å². The van der Waals surface area contributed by atoms with Crippen molar-refractivity contribution in [1.82, 2.24) is 15.3 Å². The van der Waals surface area contributed by atoms with Crippen molar-refractivity contribution in [3.05, 3.63) is 40.7 Å². The summed E-state index contributed by atoms with van der Waals surface area (Å²) < 4.78 is 5.02. The number of anilines is 1. The summed E-state index contributed by atoms with van der Waals surface area (Å²) in [6, 6.07) is 3.34. The number of aliphatic hydroxyl groups is 1. The Kier molecular flexibility index (Phi) is 7.35. The van der Waals surface area contributed by atoms with Crippen molar-refractivity contribution in [2.45, 2.75) is 52.1 Å². The molecule has 0 spiro atoms. The minimum Gasteiger partial charge on any atom is -0.392 e. The maximum Gasteiger partial charge on any atom is 0.257 e. The number of pyridine rings is 1. The monoisotopic (exact) mass is 486 g/mol. The molecule has 2 aliphatic rings. The van der Waals surface area contributed by atoms with E-state index in [0.717, 1.165) is 25.0 Å². The molecule has 184 valence electrons. The van der Waals surface area contributed by atoms with Crippen molar-refractivity contribution in [3.63, 3.8) is 0 Å². The zero-order valence-electron chi connectivity index (χ0n) is 20.2. The minimum absolute atomic E-state index is 0.00109. The fourth-order valence-electron chi connectivity index (χ4n) is 5.90. The maximum atomic E-state index is 12.7. The lowest BCUT2D eigenvalue weighted by molar-refractivity contribution is -0.135. The van der Waals surface area contributed by atoms with Gasteiger partial charge in [-0.25, -0.2) is 4.98 Å². The molecule has 2 aromatic rings. The summed E-state index contributed by atoms with van der Waals surface area (Å²) >= 11 is 1.52. The summed E-state index contributed by atoms with van der Waals surface area (Å²) in [6.07, 6.45) is 5.15. The number of amides is 2. The molecule has 2 amide bonds. The Morgan fingerprint density at radius 3 is 2.79 bits per heavy atom. The second-order valence-corrected chi connectivity index (χ2v) is 11.0. The van der Waals surface area contributed by atoms with Crippen molar-refractivity contribution in [2.75, 3.05) is 25.6 Å². The second-order valence-electron chi connectivity index (χ2n) is 9.93. The van der Waals surface area contributed by atoms with Gasteiger partial charge in [-0.05, 0) is 48.6 Å². The quantitative estimate of drug-likeness (QED) is 0.518. The molecule has 2 aliphatic carbocycles. The highest BCUT2D eigenvalue weighted by Gasteiger charge is 2.53. The Morgan fingerprint density at radius 1 is 1.35 bits per heavy atom. The van der Waals surface area contributed by atoms with E-state index in [2.05, 4.69) is 29.5 Å². The summed E-state index contributed by atoms with van der Waals surface area (Å²) in [6.45, 7) is 7.21. The molecule has 0 radical (unpaired) electrons. The number of aromatic nitrogens is 2. The Bertz CT molecular complexity index is 1030. The number of carbonyl (C=O) groups is 2. The van der Waals surface area contributed by atoms with Gasteiger partial charge in [0.15, 0.2) is 5.13 Å². The van der Waals surface area contributed by atoms with E-state index in [4.69, 9.17) is 9.72 Å². The van der Waals surface area contributed by atoms with E-state index < -0.39 is 6.10 Å². The highest BCUT2D eigenvalue weighted by Crippen LogP contribution is 2.57. The van der Waals surface area contributed by atoms with Crippen molar-refractivity contribution in [2.24, 2.45) is 23.2 Å². The molecular formula is C25H34N4O4S. The maximum absolute atomic E-state index is 12.7. The number of hydrogen-bond donors (Lipinski definition) is 3. The normalized spacial score (nSPS) is 29.0. The average Bonchev–Trinajstić information content (AvgIpc) is 3.21. The predicted molar refractivity (Wildman–Crippen MR) is 131 cm³/mol. The van der Waals surface area contributed by atoms with E-state index in [1.807, 2.05) is 6.92 Å². The van der Waals surface area contributed by atoms with E-state index in [9.17, 15) is 14.7 Å². The summed E-state index contributed by atoms with van der Waals surface area (Å²) in [5.74, 6) is -0.608. The van der Waals surface area contributed by atoms with Gasteiger partial charge in [-0.2, -0.15) is 0 Å². The van der Waals surface area contributed by atoms with Crippen LogP contribution in [0.1, 0.15) is 60.5 Å². The third kappa shape index (κ3) is 4.74. The number of fused-ring (bicyclic) bond motifs is 2. The molecule has 8 nitrogen and oxygen atoms in total. The number of ether oxygens (including phenoxy) is 1. The number of carbonyl (C=O) groups excluding carboxylic acids is 2. The largest absolute Gasteiger partial charge is 0.392 e. The van der Waals surface area contributed by atoms with Crippen molar-refractivity contribution in [1.29, 1.82) is 0 Å². The fraction of sp³-hybridized carbons (Fsp3) is 0.600. The molecule has 0 bridgehead atoms. The molecule has 0 aliphatic heterocycles. The molecule has 0 unspecified atom stereocenters. The first-order valence-electron chi connectivity index (χ1n) is 11.9. The van der Waals surface area contributed by atoms with Crippen LogP contribution >= 0.6 is 11.3 Å². The number of hydrogen-bond acceptors (Lipinski definition) is 7. The average molecular weight is 487 g/mol. The molecule has 4 rings (SSSR count). The molecular weight excluding hydrogens is 452 g/mol. The highest BCUT2D eigenvalue weighted by molar-refractivity contribution is 7.15. The Balaban J connectivity index is 1.51. The van der Waals surface area contributed by atoms with Crippen molar-refractivity contribution in [3.8, 4) is 0 Å². The first-order chi connectivity index (χ1) is 16.2. The summed E-state index contributed by atoms with van der Waals surface area (Å²) in [5.41, 5.74) is 1.41. The van der Waals surface area contributed by atoms with Gasteiger partial charge in [-0.3, -0.25) is 19.9 Å². The molecule has 2 aromatic heterocycles. The zero-order valence-corrected chi connectivity index (χ0v) is 21.0. The highest BCUT2D eigenvalue weighted by atomic mass is 32.1. The number of aliphatic hydroxyl groups excluding tert-OH is 1. The summed E-state index contributed by atoms with van der Waals surface area (Å²) in [7, 11) is 1.61. The number of nitrogens with one attached hydrogen (secondary N) is 2. The lowest BCUT2D eigenvalue weighted by Crippen LogP contribution is -2.53. The van der Waals surface area contributed by atoms with E-state index in [1.165, 1.54) is 16.2 Å². The van der Waals surface area contributed by atoms with Crippen LogP contribution in [0.4, 0.5) is 5.13 Å². The van der Waals surface area contributed by atoms with E-state index >= 15 is 0 Å². The SMILES string of the molecule is COCCNC(=O)[C@@H](C)[C@@H]1CC[C@@]2(C)Cc3sc(NC(=O)c4ccncc4)nc3[C@@H](C)[C@@H]2[C@H]1O. The van der Waals surface area contributed by atoms with E-state index in [1.54, 1.807) is 31.6 Å². The molecule has 0 saturated heterocycles. The Labute approximate surface area is 204 Å². The van der Waals surface area contributed by atoms with Crippen LogP contribution < -0.4 is 10.6 Å². The first-order valence-corrected chi connectivity index (χ1v) is 12.7. The molecule has 3 N–H and O–H groups in total. The fourth-order valence-corrected chi connectivity index (χ4v) is 7.16. The Morgan fingerprint density at radius 2 is 2.09 bits per heavy atom.